The van der Waals surface area contributed by atoms with Gasteiger partial charge in [0.2, 0.25) is 0 Å². The molecule has 9 heteroatoms. The van der Waals surface area contributed by atoms with E-state index >= 15 is 0 Å². The van der Waals surface area contributed by atoms with Gasteiger partial charge in [-0.2, -0.15) is 0 Å². The van der Waals surface area contributed by atoms with Crippen LogP contribution in [0.3, 0.4) is 0 Å². The number of fused-ring (bicyclic) bond motifs is 5. The molecular formula is C19H13N3O6. The molecule has 9 nitrogen and oxygen atoms in total. The second kappa shape index (κ2) is 5.23. The van der Waals surface area contributed by atoms with E-state index in [1.165, 1.54) is 23.6 Å². The highest BCUT2D eigenvalue weighted by molar-refractivity contribution is 5.87. The molecule has 0 fully saturated rings. The van der Waals surface area contributed by atoms with Gasteiger partial charge in [0.05, 0.1) is 33.9 Å². The maximum absolute atomic E-state index is 12.9. The minimum atomic E-state index is -1.93. The smallest absolute Gasteiger partial charge is 0.342 e. The standard InChI is InChI=1S/C19H13N3O6/c1-19(25)13-6-15-16-10(7-21(15)17(23)12(13)8-28-18(19)24)4-9-2-3-11(22(26)27)5-14(9)20-16/h2-6,25H,7-8H2,1H3/t19-/m0/s1. The Labute approximate surface area is 157 Å². The lowest BCUT2D eigenvalue weighted by Gasteiger charge is -2.29. The lowest BCUT2D eigenvalue weighted by atomic mass is 9.90. The summed E-state index contributed by atoms with van der Waals surface area (Å²) in [4.78, 5) is 40.0. The Hall–Kier alpha value is -3.59. The van der Waals surface area contributed by atoms with E-state index in [1.54, 1.807) is 12.1 Å². The van der Waals surface area contributed by atoms with Crippen LogP contribution in [0.4, 0.5) is 5.69 Å². The van der Waals surface area contributed by atoms with E-state index in [-0.39, 0.29) is 35.5 Å². The van der Waals surface area contributed by atoms with Gasteiger partial charge in [0.25, 0.3) is 11.2 Å². The highest BCUT2D eigenvalue weighted by Gasteiger charge is 2.42. The molecule has 140 valence electrons. The predicted octanol–water partition coefficient (Wildman–Crippen LogP) is 1.60. The highest BCUT2D eigenvalue weighted by atomic mass is 16.6. The number of hydrogen-bond donors (Lipinski definition) is 1. The second-order valence-electron chi connectivity index (χ2n) is 7.09. The molecule has 5 rings (SSSR count). The Morgan fingerprint density at radius 1 is 1.29 bits per heavy atom. The van der Waals surface area contributed by atoms with Gasteiger partial charge in [-0.3, -0.25) is 14.9 Å². The van der Waals surface area contributed by atoms with Crippen LogP contribution in [0.15, 0.2) is 35.1 Å². The molecule has 0 aliphatic carbocycles. The first-order valence-corrected chi connectivity index (χ1v) is 8.52. The summed E-state index contributed by atoms with van der Waals surface area (Å²) >= 11 is 0. The summed E-state index contributed by atoms with van der Waals surface area (Å²) in [6.07, 6.45) is 0. The number of nitro groups is 1. The normalized spacial score (nSPS) is 19.7. The van der Waals surface area contributed by atoms with Crippen LogP contribution in [-0.2, 0) is 28.3 Å². The molecule has 0 saturated heterocycles. The summed E-state index contributed by atoms with van der Waals surface area (Å²) in [5.41, 5.74) is 0.255. The Morgan fingerprint density at radius 3 is 2.82 bits per heavy atom. The zero-order valence-electron chi connectivity index (χ0n) is 14.6. The Morgan fingerprint density at radius 2 is 2.07 bits per heavy atom. The van der Waals surface area contributed by atoms with Crippen LogP contribution in [0, 0.1) is 10.1 Å². The van der Waals surface area contributed by atoms with Crippen LogP contribution in [-0.4, -0.2) is 25.6 Å². The number of ether oxygens (including phenoxy) is 1. The number of carbonyl (C=O) groups is 1. The lowest BCUT2D eigenvalue weighted by Crippen LogP contribution is -2.42. The number of nitro benzene ring substituents is 1. The molecule has 3 aromatic rings. The van der Waals surface area contributed by atoms with E-state index in [4.69, 9.17) is 4.74 Å². The molecule has 0 unspecified atom stereocenters. The molecule has 2 aliphatic rings. The number of aromatic nitrogens is 2. The molecular weight excluding hydrogens is 366 g/mol. The van der Waals surface area contributed by atoms with Gasteiger partial charge in [0.1, 0.15) is 6.61 Å². The van der Waals surface area contributed by atoms with E-state index < -0.39 is 16.5 Å². The van der Waals surface area contributed by atoms with Gasteiger partial charge in [-0.25, -0.2) is 9.78 Å². The van der Waals surface area contributed by atoms with Gasteiger partial charge >= 0.3 is 5.97 Å². The van der Waals surface area contributed by atoms with E-state index in [0.717, 1.165) is 10.9 Å². The monoisotopic (exact) mass is 379 g/mol. The zero-order chi connectivity index (χ0) is 19.8. The second-order valence-corrected chi connectivity index (χ2v) is 7.09. The molecule has 0 amide bonds. The average molecular weight is 379 g/mol. The highest BCUT2D eigenvalue weighted by Crippen LogP contribution is 2.37. The Bertz CT molecular complexity index is 1290. The van der Waals surface area contributed by atoms with Crippen LogP contribution < -0.4 is 5.56 Å². The summed E-state index contributed by atoms with van der Waals surface area (Å²) in [5.74, 6) is -0.815. The van der Waals surface area contributed by atoms with Crippen LogP contribution in [0.2, 0.25) is 0 Å². The first kappa shape index (κ1) is 16.6. The van der Waals surface area contributed by atoms with E-state index in [1.807, 2.05) is 6.07 Å². The molecule has 1 atom stereocenters. The van der Waals surface area contributed by atoms with E-state index in [2.05, 4.69) is 4.98 Å². The van der Waals surface area contributed by atoms with Gasteiger partial charge in [-0.05, 0) is 25.1 Å². The quantitative estimate of drug-likeness (QED) is 0.302. The van der Waals surface area contributed by atoms with Crippen LogP contribution in [0.25, 0.3) is 22.3 Å². The molecule has 0 saturated carbocycles. The molecule has 4 heterocycles. The summed E-state index contributed by atoms with van der Waals surface area (Å²) < 4.78 is 6.47. The number of carbonyl (C=O) groups excluding carboxylic acids is 1. The Balaban J connectivity index is 1.78. The van der Waals surface area contributed by atoms with Crippen molar-refractivity contribution >= 4 is 22.6 Å². The maximum Gasteiger partial charge on any atom is 0.342 e. The number of esters is 1. The summed E-state index contributed by atoms with van der Waals surface area (Å²) in [6, 6.07) is 7.83. The molecule has 0 spiro atoms. The number of non-ortho nitro benzene ring substituents is 1. The van der Waals surface area contributed by atoms with Gasteiger partial charge < -0.3 is 14.4 Å². The van der Waals surface area contributed by atoms with Crippen LogP contribution >= 0.6 is 0 Å². The summed E-state index contributed by atoms with van der Waals surface area (Å²) in [7, 11) is 0. The van der Waals surface area contributed by atoms with Crippen molar-refractivity contribution in [1.29, 1.82) is 0 Å². The lowest BCUT2D eigenvalue weighted by molar-refractivity contribution is -0.384. The molecule has 0 radical (unpaired) electrons. The van der Waals surface area contributed by atoms with Crippen LogP contribution in [0.1, 0.15) is 23.6 Å². The third kappa shape index (κ3) is 2.07. The first-order valence-electron chi connectivity index (χ1n) is 8.52. The van der Waals surface area contributed by atoms with Crippen molar-refractivity contribution in [3.8, 4) is 11.4 Å². The number of benzene rings is 1. The number of pyridine rings is 2. The van der Waals surface area contributed by atoms with Crippen LogP contribution in [0.5, 0.6) is 0 Å². The fourth-order valence-corrected chi connectivity index (χ4v) is 3.83. The van der Waals surface area contributed by atoms with Gasteiger partial charge in [-0.1, -0.05) is 0 Å². The number of aliphatic hydroxyl groups is 1. The third-order valence-corrected chi connectivity index (χ3v) is 5.33. The zero-order valence-corrected chi connectivity index (χ0v) is 14.6. The van der Waals surface area contributed by atoms with E-state index in [0.29, 0.717) is 16.9 Å². The van der Waals surface area contributed by atoms with Crippen molar-refractivity contribution in [3.63, 3.8) is 0 Å². The summed E-state index contributed by atoms with van der Waals surface area (Å²) in [6.45, 7) is 1.38. The molecule has 1 aromatic carbocycles. The van der Waals surface area contributed by atoms with Crippen molar-refractivity contribution in [3.05, 3.63) is 67.5 Å². The van der Waals surface area contributed by atoms with Gasteiger partial charge in [0.15, 0.2) is 5.60 Å². The van der Waals surface area contributed by atoms with Crippen molar-refractivity contribution in [2.45, 2.75) is 25.7 Å². The average Bonchev–Trinajstić information content (AvgIpc) is 3.01. The Kier molecular flexibility index (Phi) is 3.10. The van der Waals surface area contributed by atoms with Crippen molar-refractivity contribution in [2.24, 2.45) is 0 Å². The molecule has 1 N–H and O–H groups in total. The van der Waals surface area contributed by atoms with Crippen molar-refractivity contribution in [2.75, 3.05) is 0 Å². The minimum Gasteiger partial charge on any atom is -0.458 e. The summed E-state index contributed by atoms with van der Waals surface area (Å²) in [5, 5.41) is 22.3. The van der Waals surface area contributed by atoms with Crippen molar-refractivity contribution in [1.82, 2.24) is 9.55 Å². The molecule has 2 aliphatic heterocycles. The number of nitrogens with zero attached hydrogens (tertiary/aromatic N) is 3. The molecule has 2 aromatic heterocycles. The van der Waals surface area contributed by atoms with Gasteiger partial charge in [-0.15, -0.1) is 0 Å². The van der Waals surface area contributed by atoms with E-state index in [9.17, 15) is 24.8 Å². The number of rotatable bonds is 1. The maximum atomic E-state index is 12.9. The SMILES string of the molecule is C[C@@]1(O)C(=O)OCc2c1cc1n(c2=O)Cc2cc3ccc([N+](=O)[O-])cc3nc2-1. The topological polar surface area (TPSA) is 125 Å². The number of hydrogen-bond acceptors (Lipinski definition) is 7. The minimum absolute atomic E-state index is 0.0774. The predicted molar refractivity (Wildman–Crippen MR) is 96.6 cm³/mol. The fourth-order valence-electron chi connectivity index (χ4n) is 3.83. The van der Waals surface area contributed by atoms with Gasteiger partial charge in [0, 0.05) is 28.6 Å². The number of cyclic esters (lactones) is 1. The first-order chi connectivity index (χ1) is 13.3. The van der Waals surface area contributed by atoms with Crippen molar-refractivity contribution < 1.29 is 19.6 Å². The fraction of sp³-hybridized carbons (Fsp3) is 0.211. The molecule has 28 heavy (non-hydrogen) atoms. The largest absolute Gasteiger partial charge is 0.458 e. The molecule has 0 bridgehead atoms. The third-order valence-electron chi connectivity index (χ3n) is 5.33.